The number of amides is 1. The zero-order chi connectivity index (χ0) is 22.3. The van der Waals surface area contributed by atoms with Gasteiger partial charge in [0.05, 0.1) is 11.6 Å². The van der Waals surface area contributed by atoms with Gasteiger partial charge in [0.15, 0.2) is 0 Å². The fourth-order valence-corrected chi connectivity index (χ4v) is 4.02. The van der Waals surface area contributed by atoms with Crippen molar-refractivity contribution in [2.24, 2.45) is 0 Å². The Labute approximate surface area is 180 Å². The molecule has 1 heterocycles. The molecule has 0 saturated carbocycles. The monoisotopic (exact) mass is 415 g/mol. The highest BCUT2D eigenvalue weighted by molar-refractivity contribution is 6.51. The van der Waals surface area contributed by atoms with Crippen molar-refractivity contribution in [3.63, 3.8) is 0 Å². The molecule has 1 amide bonds. The summed E-state index contributed by atoms with van der Waals surface area (Å²) < 4.78 is 14.0. The van der Waals surface area contributed by atoms with Crippen LogP contribution in [0.5, 0.6) is 0 Å². The minimum absolute atomic E-state index is 0.00596. The number of rotatable bonds is 3. The number of aliphatic hydroxyl groups excluding tert-OH is 1. The molecule has 4 nitrogen and oxygen atoms in total. The van der Waals surface area contributed by atoms with Crippen LogP contribution in [0.3, 0.4) is 0 Å². The number of hydrogen-bond acceptors (Lipinski definition) is 3. The smallest absolute Gasteiger partial charge is 0.300 e. The Bertz CT molecular complexity index is 1240. The van der Waals surface area contributed by atoms with Gasteiger partial charge in [0, 0.05) is 11.3 Å². The molecule has 0 radical (unpaired) electrons. The molecule has 5 heteroatoms. The molecule has 1 fully saturated rings. The van der Waals surface area contributed by atoms with E-state index in [0.717, 1.165) is 16.7 Å². The number of benzene rings is 3. The molecule has 0 bridgehead atoms. The third-order valence-electron chi connectivity index (χ3n) is 5.54. The van der Waals surface area contributed by atoms with Crippen molar-refractivity contribution in [2.45, 2.75) is 26.8 Å². The number of aryl methyl sites for hydroxylation is 3. The van der Waals surface area contributed by atoms with E-state index in [1.807, 2.05) is 51.1 Å². The van der Waals surface area contributed by atoms with Gasteiger partial charge in [-0.15, -0.1) is 0 Å². The molecule has 1 unspecified atom stereocenters. The Hall–Kier alpha value is -3.73. The molecule has 1 aliphatic rings. The second-order valence-corrected chi connectivity index (χ2v) is 7.88. The minimum atomic E-state index is -0.874. The summed E-state index contributed by atoms with van der Waals surface area (Å²) in [6.45, 7) is 5.63. The first-order valence-electron chi connectivity index (χ1n) is 9.98. The predicted octanol–water partition coefficient (Wildman–Crippen LogP) is 5.38. The highest BCUT2D eigenvalue weighted by Gasteiger charge is 2.47. The Balaban J connectivity index is 2.00. The first kappa shape index (κ1) is 20.5. The topological polar surface area (TPSA) is 57.6 Å². The predicted molar refractivity (Wildman–Crippen MR) is 118 cm³/mol. The molecule has 3 aromatic rings. The lowest BCUT2D eigenvalue weighted by Crippen LogP contribution is -2.29. The zero-order valence-electron chi connectivity index (χ0n) is 17.5. The van der Waals surface area contributed by atoms with Crippen LogP contribution in [0.25, 0.3) is 5.76 Å². The van der Waals surface area contributed by atoms with E-state index >= 15 is 0 Å². The first-order valence-corrected chi connectivity index (χ1v) is 9.98. The maximum atomic E-state index is 14.0. The van der Waals surface area contributed by atoms with E-state index < -0.39 is 23.5 Å². The Kier molecular flexibility index (Phi) is 5.19. The van der Waals surface area contributed by atoms with Gasteiger partial charge < -0.3 is 5.11 Å². The van der Waals surface area contributed by atoms with E-state index in [1.165, 1.54) is 23.1 Å². The zero-order valence-corrected chi connectivity index (χ0v) is 17.5. The number of carbonyl (C=O) groups excluding carboxylic acids is 2. The Morgan fingerprint density at radius 1 is 0.903 bits per heavy atom. The standard InChI is InChI=1S/C26H22FNO3/c1-15-6-4-7-18(12-15)23-22(24(29)21-13-16(2)10-11-17(21)3)25(30)26(31)28(23)20-9-5-8-19(27)14-20/h4-14,23,29H,1-3H3/b24-22+. The highest BCUT2D eigenvalue weighted by Crippen LogP contribution is 2.42. The molecular weight excluding hydrogens is 393 g/mol. The lowest BCUT2D eigenvalue weighted by atomic mass is 9.92. The molecular formula is C26H22FNO3. The highest BCUT2D eigenvalue weighted by atomic mass is 19.1. The van der Waals surface area contributed by atoms with Crippen molar-refractivity contribution in [3.8, 4) is 0 Å². The Morgan fingerprint density at radius 3 is 2.32 bits per heavy atom. The summed E-state index contributed by atoms with van der Waals surface area (Å²) in [5.41, 5.74) is 4.04. The summed E-state index contributed by atoms with van der Waals surface area (Å²) >= 11 is 0. The number of carbonyl (C=O) groups is 2. The number of hydrogen-bond donors (Lipinski definition) is 1. The number of nitrogens with zero attached hydrogens (tertiary/aromatic N) is 1. The van der Waals surface area contributed by atoms with Crippen molar-refractivity contribution in [2.75, 3.05) is 4.90 Å². The lowest BCUT2D eigenvalue weighted by molar-refractivity contribution is -0.132. The van der Waals surface area contributed by atoms with E-state index in [2.05, 4.69) is 0 Å². The van der Waals surface area contributed by atoms with Crippen LogP contribution in [-0.2, 0) is 9.59 Å². The molecule has 4 rings (SSSR count). The summed E-state index contributed by atoms with van der Waals surface area (Å²) in [5.74, 6) is -2.35. The van der Waals surface area contributed by atoms with Gasteiger partial charge in [0.2, 0.25) is 0 Å². The summed E-state index contributed by atoms with van der Waals surface area (Å²) in [4.78, 5) is 27.5. The average Bonchev–Trinajstić information content (AvgIpc) is 3.00. The SMILES string of the molecule is Cc1cccc(C2/C(=C(\O)c3cc(C)ccc3C)C(=O)C(=O)N2c2cccc(F)c2)c1. The van der Waals surface area contributed by atoms with Crippen LogP contribution in [0.1, 0.15) is 33.9 Å². The van der Waals surface area contributed by atoms with Crippen molar-refractivity contribution in [1.82, 2.24) is 0 Å². The number of Topliss-reactive ketones (excluding diaryl/α,β-unsaturated/α-hetero) is 1. The van der Waals surface area contributed by atoms with Gasteiger partial charge in [-0.1, -0.05) is 53.6 Å². The molecule has 31 heavy (non-hydrogen) atoms. The van der Waals surface area contributed by atoms with Crippen molar-refractivity contribution < 1.29 is 19.1 Å². The van der Waals surface area contributed by atoms with Crippen LogP contribution in [0.15, 0.2) is 72.3 Å². The normalized spacial score (nSPS) is 17.9. The summed E-state index contributed by atoms with van der Waals surface area (Å²) in [6, 6.07) is 17.6. The molecule has 1 atom stereocenters. The van der Waals surface area contributed by atoms with Crippen LogP contribution in [0.2, 0.25) is 0 Å². The van der Waals surface area contributed by atoms with E-state index in [1.54, 1.807) is 18.2 Å². The molecule has 156 valence electrons. The lowest BCUT2D eigenvalue weighted by Gasteiger charge is -2.26. The van der Waals surface area contributed by atoms with Gasteiger partial charge in [0.1, 0.15) is 11.6 Å². The maximum absolute atomic E-state index is 14.0. The fraction of sp³-hybridized carbons (Fsp3) is 0.154. The van der Waals surface area contributed by atoms with Gasteiger partial charge in [-0.2, -0.15) is 0 Å². The van der Waals surface area contributed by atoms with Crippen LogP contribution in [0, 0.1) is 26.6 Å². The van der Waals surface area contributed by atoms with Gasteiger partial charge in [-0.05, 0) is 56.2 Å². The minimum Gasteiger partial charge on any atom is -0.507 e. The quantitative estimate of drug-likeness (QED) is 0.355. The van der Waals surface area contributed by atoms with Crippen molar-refractivity contribution in [1.29, 1.82) is 0 Å². The van der Waals surface area contributed by atoms with Gasteiger partial charge in [-0.25, -0.2) is 4.39 Å². The molecule has 0 aromatic heterocycles. The van der Waals surface area contributed by atoms with Gasteiger partial charge in [0.25, 0.3) is 11.7 Å². The summed E-state index contributed by atoms with van der Waals surface area (Å²) in [7, 11) is 0. The molecule has 3 aromatic carbocycles. The van der Waals surface area contributed by atoms with Crippen molar-refractivity contribution in [3.05, 3.63) is 106 Å². The van der Waals surface area contributed by atoms with Gasteiger partial charge >= 0.3 is 0 Å². The van der Waals surface area contributed by atoms with E-state index in [9.17, 15) is 19.1 Å². The van der Waals surface area contributed by atoms with Crippen LogP contribution < -0.4 is 4.90 Å². The number of halogens is 1. The van der Waals surface area contributed by atoms with Crippen LogP contribution in [-0.4, -0.2) is 16.8 Å². The van der Waals surface area contributed by atoms with E-state index in [4.69, 9.17) is 0 Å². The molecule has 1 saturated heterocycles. The molecule has 0 aliphatic carbocycles. The maximum Gasteiger partial charge on any atom is 0.300 e. The second kappa shape index (κ2) is 7.84. The third kappa shape index (κ3) is 3.63. The van der Waals surface area contributed by atoms with Crippen LogP contribution in [0.4, 0.5) is 10.1 Å². The van der Waals surface area contributed by atoms with Crippen LogP contribution >= 0.6 is 0 Å². The number of aliphatic hydroxyl groups is 1. The number of anilines is 1. The van der Waals surface area contributed by atoms with E-state index in [0.29, 0.717) is 11.1 Å². The fourth-order valence-electron chi connectivity index (χ4n) is 4.02. The van der Waals surface area contributed by atoms with Crippen molar-refractivity contribution >= 4 is 23.1 Å². The number of ketones is 1. The second-order valence-electron chi connectivity index (χ2n) is 7.88. The first-order chi connectivity index (χ1) is 14.8. The molecule has 1 aliphatic heterocycles. The Morgan fingerprint density at radius 2 is 1.61 bits per heavy atom. The van der Waals surface area contributed by atoms with E-state index in [-0.39, 0.29) is 17.0 Å². The largest absolute Gasteiger partial charge is 0.507 e. The van der Waals surface area contributed by atoms with Gasteiger partial charge in [-0.3, -0.25) is 14.5 Å². The average molecular weight is 415 g/mol. The third-order valence-corrected chi connectivity index (χ3v) is 5.54. The molecule has 1 N–H and O–H groups in total. The molecule has 0 spiro atoms. The summed E-state index contributed by atoms with van der Waals surface area (Å²) in [6.07, 6.45) is 0. The summed E-state index contributed by atoms with van der Waals surface area (Å²) in [5, 5.41) is 11.2.